The van der Waals surface area contributed by atoms with Gasteiger partial charge in [-0.1, -0.05) is 11.6 Å². The van der Waals surface area contributed by atoms with Crippen LogP contribution in [0.1, 0.15) is 17.7 Å². The van der Waals surface area contributed by atoms with Crippen LogP contribution in [-0.2, 0) is 9.84 Å². The van der Waals surface area contributed by atoms with Crippen LogP contribution >= 0.6 is 11.6 Å². The van der Waals surface area contributed by atoms with Crippen molar-refractivity contribution >= 4 is 38.0 Å². The molecule has 0 spiro atoms. The van der Waals surface area contributed by atoms with Gasteiger partial charge >= 0.3 is 0 Å². The molecule has 0 unspecified atom stereocenters. The summed E-state index contributed by atoms with van der Waals surface area (Å²) in [4.78, 5) is 25.0. The average molecular weight is 393 g/mol. The normalized spacial score (nSPS) is 12.8. The van der Waals surface area contributed by atoms with E-state index in [-0.39, 0.29) is 16.1 Å². The minimum atomic E-state index is -3.91. The van der Waals surface area contributed by atoms with Crippen LogP contribution in [0.25, 0.3) is 10.9 Å². The molecular formula is C17H13ClN2O5S. The maximum atomic E-state index is 12.8. The number of sulfone groups is 1. The first-order valence-corrected chi connectivity index (χ1v) is 9.43. The van der Waals surface area contributed by atoms with Crippen LogP contribution in [0.5, 0.6) is 0 Å². The van der Waals surface area contributed by atoms with Gasteiger partial charge in [0.25, 0.3) is 11.2 Å². The maximum Gasteiger partial charge on any atom is 0.269 e. The van der Waals surface area contributed by atoms with E-state index in [0.29, 0.717) is 15.9 Å². The van der Waals surface area contributed by atoms with E-state index in [1.807, 2.05) is 0 Å². The van der Waals surface area contributed by atoms with Crippen molar-refractivity contribution < 1.29 is 13.3 Å². The minimum Gasteiger partial charge on any atom is -0.322 e. The number of nitro benzene ring substituents is 1. The van der Waals surface area contributed by atoms with Gasteiger partial charge in [-0.3, -0.25) is 14.9 Å². The lowest BCUT2D eigenvalue weighted by Crippen LogP contribution is -2.20. The van der Waals surface area contributed by atoms with Crippen molar-refractivity contribution in [3.05, 3.63) is 79.6 Å². The average Bonchev–Trinajstić information content (AvgIpc) is 2.61. The number of aromatic amines is 1. The fraction of sp³-hybridized carbons (Fsp3) is 0.118. The standard InChI is InChI=1S/C17H13ClN2O5S/c1-10(26(24,25)14-5-3-13(4-6-14)20(22)23)15-9-11-8-12(18)2-7-16(11)19-17(15)21/h2-10H,1H3,(H,19,21)/t10-/m1/s1. The summed E-state index contributed by atoms with van der Waals surface area (Å²) in [6.45, 7) is 1.40. The number of nitrogens with one attached hydrogen (secondary N) is 1. The third kappa shape index (κ3) is 3.21. The molecule has 1 atom stereocenters. The molecule has 0 saturated carbocycles. The number of aromatic nitrogens is 1. The number of hydrogen-bond donors (Lipinski definition) is 1. The van der Waals surface area contributed by atoms with Crippen molar-refractivity contribution in [2.75, 3.05) is 0 Å². The minimum absolute atomic E-state index is 0.0677. The SMILES string of the molecule is C[C@H](c1cc2cc(Cl)ccc2[nH]c1=O)S(=O)(=O)c1ccc([N+](=O)[O-])cc1. The van der Waals surface area contributed by atoms with E-state index in [0.717, 1.165) is 24.3 Å². The van der Waals surface area contributed by atoms with E-state index in [1.165, 1.54) is 13.0 Å². The van der Waals surface area contributed by atoms with Crippen molar-refractivity contribution in [1.29, 1.82) is 0 Å². The number of fused-ring (bicyclic) bond motifs is 1. The van der Waals surface area contributed by atoms with Crippen LogP contribution in [0.2, 0.25) is 5.02 Å². The van der Waals surface area contributed by atoms with Gasteiger partial charge in [-0.15, -0.1) is 0 Å². The summed E-state index contributed by atoms with van der Waals surface area (Å²) in [5, 5.41) is 10.6. The van der Waals surface area contributed by atoms with E-state index >= 15 is 0 Å². The topological polar surface area (TPSA) is 110 Å². The Kier molecular flexibility index (Phi) is 4.55. The van der Waals surface area contributed by atoms with Crippen molar-refractivity contribution in [2.45, 2.75) is 17.1 Å². The Morgan fingerprint density at radius 1 is 1.12 bits per heavy atom. The summed E-state index contributed by atoms with van der Waals surface area (Å²) in [7, 11) is -3.91. The summed E-state index contributed by atoms with van der Waals surface area (Å²) >= 11 is 5.95. The lowest BCUT2D eigenvalue weighted by molar-refractivity contribution is -0.384. The Morgan fingerprint density at radius 3 is 2.38 bits per heavy atom. The number of rotatable bonds is 4. The molecule has 2 aromatic carbocycles. The molecular weight excluding hydrogens is 380 g/mol. The second-order valence-corrected chi connectivity index (χ2v) is 8.43. The first kappa shape index (κ1) is 18.1. The molecule has 1 aromatic heterocycles. The molecule has 0 aliphatic carbocycles. The third-order valence-electron chi connectivity index (χ3n) is 4.11. The van der Waals surface area contributed by atoms with E-state index in [9.17, 15) is 23.3 Å². The van der Waals surface area contributed by atoms with E-state index < -0.39 is 25.6 Å². The van der Waals surface area contributed by atoms with Gasteiger partial charge in [-0.05, 0) is 43.3 Å². The molecule has 3 rings (SSSR count). The number of non-ortho nitro benzene ring substituents is 1. The zero-order valence-electron chi connectivity index (χ0n) is 13.5. The summed E-state index contributed by atoms with van der Waals surface area (Å²) in [5.41, 5.74) is -0.117. The third-order valence-corrected chi connectivity index (χ3v) is 6.46. The lowest BCUT2D eigenvalue weighted by Gasteiger charge is -2.13. The molecule has 9 heteroatoms. The molecule has 0 saturated heterocycles. The van der Waals surface area contributed by atoms with E-state index in [2.05, 4.69) is 4.98 Å². The molecule has 3 aromatic rings. The van der Waals surface area contributed by atoms with E-state index in [1.54, 1.807) is 18.2 Å². The van der Waals surface area contributed by atoms with Crippen molar-refractivity contribution in [1.82, 2.24) is 4.98 Å². The van der Waals surface area contributed by atoms with Crippen LogP contribution in [0.4, 0.5) is 5.69 Å². The van der Waals surface area contributed by atoms with Gasteiger partial charge in [0.1, 0.15) is 0 Å². The molecule has 0 radical (unpaired) electrons. The highest BCUT2D eigenvalue weighted by molar-refractivity contribution is 7.91. The highest BCUT2D eigenvalue weighted by atomic mass is 35.5. The highest BCUT2D eigenvalue weighted by Crippen LogP contribution is 2.29. The summed E-state index contributed by atoms with van der Waals surface area (Å²) in [6, 6.07) is 10.9. The highest BCUT2D eigenvalue weighted by Gasteiger charge is 2.28. The van der Waals surface area contributed by atoms with Crippen LogP contribution in [-0.4, -0.2) is 18.3 Å². The van der Waals surface area contributed by atoms with Gasteiger partial charge < -0.3 is 4.98 Å². The summed E-state index contributed by atoms with van der Waals surface area (Å²) < 4.78 is 25.6. The monoisotopic (exact) mass is 392 g/mol. The Morgan fingerprint density at radius 2 is 1.77 bits per heavy atom. The molecule has 7 nitrogen and oxygen atoms in total. The van der Waals surface area contributed by atoms with Crippen molar-refractivity contribution in [2.24, 2.45) is 0 Å². The van der Waals surface area contributed by atoms with Crippen LogP contribution in [0.3, 0.4) is 0 Å². The van der Waals surface area contributed by atoms with Crippen LogP contribution in [0.15, 0.2) is 58.2 Å². The predicted octanol–water partition coefficient (Wildman–Crippen LogP) is 3.62. The smallest absolute Gasteiger partial charge is 0.269 e. The van der Waals surface area contributed by atoms with E-state index in [4.69, 9.17) is 11.6 Å². The first-order valence-electron chi connectivity index (χ1n) is 7.51. The van der Waals surface area contributed by atoms with Crippen LogP contribution < -0.4 is 5.56 Å². The molecule has 0 bridgehead atoms. The number of H-pyrrole nitrogens is 1. The molecule has 134 valence electrons. The lowest BCUT2D eigenvalue weighted by atomic mass is 10.1. The van der Waals surface area contributed by atoms with Gasteiger partial charge in [0, 0.05) is 33.6 Å². The first-order chi connectivity index (χ1) is 12.2. The zero-order valence-corrected chi connectivity index (χ0v) is 15.0. The Hall–Kier alpha value is -2.71. The van der Waals surface area contributed by atoms with Crippen LogP contribution in [0, 0.1) is 10.1 Å². The number of nitro groups is 1. The Balaban J connectivity index is 2.08. The van der Waals surface area contributed by atoms with Gasteiger partial charge in [0.05, 0.1) is 15.1 Å². The summed E-state index contributed by atoms with van der Waals surface area (Å²) in [6.07, 6.45) is 0. The second kappa shape index (κ2) is 6.54. The second-order valence-electron chi connectivity index (χ2n) is 5.72. The molecule has 0 aliphatic heterocycles. The molecule has 1 heterocycles. The molecule has 1 N–H and O–H groups in total. The van der Waals surface area contributed by atoms with Crippen molar-refractivity contribution in [3.8, 4) is 0 Å². The number of benzene rings is 2. The predicted molar refractivity (Wildman–Crippen MR) is 98.3 cm³/mol. The van der Waals surface area contributed by atoms with Crippen molar-refractivity contribution in [3.63, 3.8) is 0 Å². The van der Waals surface area contributed by atoms with Gasteiger partial charge in [0.2, 0.25) is 0 Å². The fourth-order valence-electron chi connectivity index (χ4n) is 2.63. The number of hydrogen-bond acceptors (Lipinski definition) is 5. The van der Waals surface area contributed by atoms with Gasteiger partial charge in [-0.2, -0.15) is 0 Å². The molecule has 0 amide bonds. The molecule has 0 fully saturated rings. The Bertz CT molecular complexity index is 1170. The number of pyridine rings is 1. The zero-order chi connectivity index (χ0) is 19.1. The number of nitrogens with zero attached hydrogens (tertiary/aromatic N) is 1. The van der Waals surface area contributed by atoms with Gasteiger partial charge in [0.15, 0.2) is 9.84 Å². The molecule has 26 heavy (non-hydrogen) atoms. The maximum absolute atomic E-state index is 12.8. The summed E-state index contributed by atoms with van der Waals surface area (Å²) in [5.74, 6) is 0. The quantitative estimate of drug-likeness (QED) is 0.538. The van der Waals surface area contributed by atoms with Gasteiger partial charge in [-0.25, -0.2) is 8.42 Å². The number of halogens is 1. The Labute approximate surface area is 153 Å². The molecule has 0 aliphatic rings. The fourth-order valence-corrected chi connectivity index (χ4v) is 4.24. The largest absolute Gasteiger partial charge is 0.322 e.